The normalized spacial score (nSPS) is 21.8. The van der Waals surface area contributed by atoms with Gasteiger partial charge in [-0.15, -0.1) is 0 Å². The highest BCUT2D eigenvalue weighted by molar-refractivity contribution is 6.13. The minimum Gasteiger partial charge on any atom is -0.377 e. The highest BCUT2D eigenvalue weighted by Gasteiger charge is 2.40. The van der Waals surface area contributed by atoms with E-state index in [1.165, 1.54) is 17.7 Å². The van der Waals surface area contributed by atoms with E-state index in [2.05, 4.69) is 57.6 Å². The second-order valence-corrected chi connectivity index (χ2v) is 7.73. The Balaban J connectivity index is 1.72. The molecular weight excluding hydrogens is 379 g/mol. The first-order valence-corrected chi connectivity index (χ1v) is 10.1. The summed E-state index contributed by atoms with van der Waals surface area (Å²) in [6.45, 7) is 0.764. The van der Waals surface area contributed by atoms with Crippen molar-refractivity contribution in [2.24, 2.45) is 5.10 Å². The van der Waals surface area contributed by atoms with Gasteiger partial charge in [0.05, 0.1) is 17.7 Å². The molecule has 30 heavy (non-hydrogen) atoms. The highest BCUT2D eigenvalue weighted by Crippen LogP contribution is 2.46. The first-order chi connectivity index (χ1) is 14.7. The van der Waals surface area contributed by atoms with Gasteiger partial charge in [-0.1, -0.05) is 54.6 Å². The zero-order valence-corrected chi connectivity index (χ0v) is 16.6. The molecule has 0 aliphatic carbocycles. The Kier molecular flexibility index (Phi) is 4.73. The van der Waals surface area contributed by atoms with E-state index in [9.17, 15) is 9.50 Å². The third kappa shape index (κ3) is 3.14. The Hall–Kier alpha value is -3.22. The molecule has 3 unspecified atom stereocenters. The van der Waals surface area contributed by atoms with Crippen molar-refractivity contribution in [1.29, 1.82) is 0 Å². The quantitative estimate of drug-likeness (QED) is 0.536. The molecule has 3 aromatic carbocycles. The van der Waals surface area contributed by atoms with Gasteiger partial charge in [-0.25, -0.2) is 4.39 Å². The largest absolute Gasteiger partial charge is 0.377 e. The number of aliphatic hydroxyl groups excluding tert-OH is 1. The molecule has 0 spiro atoms. The van der Waals surface area contributed by atoms with Crippen LogP contribution in [0, 0.1) is 5.82 Å². The van der Waals surface area contributed by atoms with Gasteiger partial charge < -0.3 is 15.7 Å². The van der Waals surface area contributed by atoms with Crippen LogP contribution in [0.15, 0.2) is 71.8 Å². The Morgan fingerprint density at radius 3 is 2.63 bits per heavy atom. The van der Waals surface area contributed by atoms with E-state index >= 15 is 0 Å². The number of anilines is 1. The Bertz CT molecular complexity index is 1120. The maximum absolute atomic E-state index is 14.3. The van der Waals surface area contributed by atoms with Crippen LogP contribution in [0.25, 0.3) is 0 Å². The summed E-state index contributed by atoms with van der Waals surface area (Å²) in [5.74, 6) is -0.499. The van der Waals surface area contributed by atoms with Crippen LogP contribution in [0.4, 0.5) is 10.1 Å². The molecule has 5 nitrogen and oxygen atoms in total. The third-order valence-electron chi connectivity index (χ3n) is 5.78. The minimum absolute atomic E-state index is 0.110. The molecule has 0 amide bonds. The lowest BCUT2D eigenvalue weighted by Gasteiger charge is -2.39. The van der Waals surface area contributed by atoms with Crippen molar-refractivity contribution < 1.29 is 9.50 Å². The monoisotopic (exact) mass is 402 g/mol. The first-order valence-electron chi connectivity index (χ1n) is 10.1. The number of nitrogens with one attached hydrogen (secondary N) is 3. The lowest BCUT2D eigenvalue weighted by molar-refractivity contribution is 0.137. The van der Waals surface area contributed by atoms with Gasteiger partial charge in [0.25, 0.3) is 0 Å². The standard InChI is InChI=1S/C24H23FN4O/c1-26-13-14-6-5-9-16(10-14)20-22(15-7-3-2-4-8-15)27-19-12-17(25)11-18-21(19)23(20)28-29-24(18)30/h2-12,20,22,24,26-27,29-30H,13H2,1H3. The van der Waals surface area contributed by atoms with E-state index in [4.69, 9.17) is 0 Å². The Labute approximate surface area is 174 Å². The van der Waals surface area contributed by atoms with E-state index in [1.807, 2.05) is 25.2 Å². The van der Waals surface area contributed by atoms with Gasteiger partial charge in [-0.05, 0) is 35.9 Å². The molecule has 0 saturated carbocycles. The van der Waals surface area contributed by atoms with Crippen molar-refractivity contribution in [3.05, 3.63) is 100 Å². The number of hydrogen-bond acceptors (Lipinski definition) is 5. The number of hydrazone groups is 1. The molecule has 2 aliphatic heterocycles. The average molecular weight is 402 g/mol. The molecule has 0 radical (unpaired) electrons. The van der Waals surface area contributed by atoms with Crippen LogP contribution in [0.3, 0.4) is 0 Å². The zero-order chi connectivity index (χ0) is 20.7. The smallest absolute Gasteiger partial charge is 0.166 e. The van der Waals surface area contributed by atoms with Crippen LogP contribution in [0.5, 0.6) is 0 Å². The Morgan fingerprint density at radius 1 is 1.03 bits per heavy atom. The highest BCUT2D eigenvalue weighted by atomic mass is 19.1. The minimum atomic E-state index is -1.04. The Morgan fingerprint density at radius 2 is 1.83 bits per heavy atom. The molecule has 152 valence electrons. The van der Waals surface area contributed by atoms with Crippen LogP contribution in [-0.2, 0) is 6.54 Å². The molecule has 2 heterocycles. The first kappa shape index (κ1) is 18.8. The average Bonchev–Trinajstić information content (AvgIpc) is 2.76. The molecule has 0 aromatic heterocycles. The molecule has 2 aliphatic rings. The van der Waals surface area contributed by atoms with E-state index in [1.54, 1.807) is 0 Å². The van der Waals surface area contributed by atoms with Crippen molar-refractivity contribution >= 4 is 11.4 Å². The van der Waals surface area contributed by atoms with Crippen molar-refractivity contribution in [1.82, 2.24) is 10.7 Å². The summed E-state index contributed by atoms with van der Waals surface area (Å²) in [5.41, 5.74) is 8.90. The number of halogens is 1. The SMILES string of the molecule is CNCc1cccc(C2C3=NNC(O)c4cc(F)cc(c43)NC2c2ccccc2)c1. The van der Waals surface area contributed by atoms with Gasteiger partial charge in [0.15, 0.2) is 6.23 Å². The summed E-state index contributed by atoms with van der Waals surface area (Å²) in [6.07, 6.45) is -1.04. The predicted octanol–water partition coefficient (Wildman–Crippen LogP) is 3.79. The van der Waals surface area contributed by atoms with Crippen LogP contribution in [0.1, 0.15) is 46.0 Å². The van der Waals surface area contributed by atoms with Gasteiger partial charge in [0, 0.05) is 23.4 Å². The zero-order valence-electron chi connectivity index (χ0n) is 16.6. The molecule has 5 rings (SSSR count). The number of benzene rings is 3. The maximum atomic E-state index is 14.3. The van der Waals surface area contributed by atoms with E-state index < -0.39 is 6.23 Å². The number of aliphatic hydroxyl groups is 1. The summed E-state index contributed by atoms with van der Waals surface area (Å²) < 4.78 is 14.3. The van der Waals surface area contributed by atoms with Gasteiger partial charge in [0.2, 0.25) is 0 Å². The molecule has 4 N–H and O–H groups in total. The van der Waals surface area contributed by atoms with Crippen LogP contribution in [-0.4, -0.2) is 17.9 Å². The summed E-state index contributed by atoms with van der Waals surface area (Å²) in [6, 6.07) is 21.3. The van der Waals surface area contributed by atoms with E-state index in [0.29, 0.717) is 11.3 Å². The van der Waals surface area contributed by atoms with Crippen molar-refractivity contribution in [2.45, 2.75) is 24.7 Å². The summed E-state index contributed by atoms with van der Waals surface area (Å²) >= 11 is 0. The lowest BCUT2D eigenvalue weighted by Crippen LogP contribution is -2.38. The lowest BCUT2D eigenvalue weighted by atomic mass is 9.75. The molecule has 3 atom stereocenters. The summed E-state index contributed by atoms with van der Waals surface area (Å²) in [4.78, 5) is 0. The number of rotatable bonds is 4. The maximum Gasteiger partial charge on any atom is 0.166 e. The third-order valence-corrected chi connectivity index (χ3v) is 5.78. The van der Waals surface area contributed by atoms with E-state index in [0.717, 1.165) is 28.9 Å². The molecule has 0 fully saturated rings. The fourth-order valence-electron chi connectivity index (χ4n) is 4.52. The fraction of sp³-hybridized carbons (Fsp3) is 0.208. The second kappa shape index (κ2) is 7.55. The van der Waals surface area contributed by atoms with Gasteiger partial charge in [0.1, 0.15) is 5.82 Å². The fourth-order valence-corrected chi connectivity index (χ4v) is 4.52. The van der Waals surface area contributed by atoms with Gasteiger partial charge >= 0.3 is 0 Å². The van der Waals surface area contributed by atoms with E-state index in [-0.39, 0.29) is 17.8 Å². The molecule has 3 aromatic rings. The molecule has 6 heteroatoms. The molecular formula is C24H23FN4O. The van der Waals surface area contributed by atoms with Crippen LogP contribution in [0.2, 0.25) is 0 Å². The van der Waals surface area contributed by atoms with Crippen molar-refractivity contribution in [3.8, 4) is 0 Å². The van der Waals surface area contributed by atoms with Crippen molar-refractivity contribution in [3.63, 3.8) is 0 Å². The number of hydrogen-bond donors (Lipinski definition) is 4. The summed E-state index contributed by atoms with van der Waals surface area (Å²) in [5, 5.41) is 21.7. The van der Waals surface area contributed by atoms with Crippen LogP contribution < -0.4 is 16.1 Å². The second-order valence-electron chi connectivity index (χ2n) is 7.73. The van der Waals surface area contributed by atoms with Crippen LogP contribution >= 0.6 is 0 Å². The molecule has 0 saturated heterocycles. The molecule has 0 bridgehead atoms. The van der Waals surface area contributed by atoms with Gasteiger partial charge in [-0.2, -0.15) is 5.10 Å². The van der Waals surface area contributed by atoms with Crippen molar-refractivity contribution in [2.75, 3.05) is 12.4 Å². The predicted molar refractivity (Wildman–Crippen MR) is 116 cm³/mol. The van der Waals surface area contributed by atoms with Gasteiger partial charge in [-0.3, -0.25) is 5.43 Å². The summed E-state index contributed by atoms with van der Waals surface area (Å²) in [7, 11) is 1.93. The topological polar surface area (TPSA) is 68.7 Å². The number of nitrogens with zero attached hydrogens (tertiary/aromatic N) is 1.